The van der Waals surface area contributed by atoms with Crippen LogP contribution in [0.3, 0.4) is 0 Å². The Bertz CT molecular complexity index is 1470. The standard InChI is InChI=1S/C25H22N4O2S/c1-28-22-10-6-5-9-21(22)26-23(28)16-32-25-27-20-8-4-3-7-19(20)24(30)29(25)15-17-11-13-18(31-2)14-12-17/h3-14H,15-16H2,1-2H3. The van der Waals surface area contributed by atoms with Gasteiger partial charge in [0.15, 0.2) is 5.16 Å². The van der Waals surface area contributed by atoms with E-state index in [1.165, 1.54) is 11.8 Å². The average Bonchev–Trinajstić information content (AvgIpc) is 3.16. The fourth-order valence-corrected chi connectivity index (χ4v) is 4.75. The van der Waals surface area contributed by atoms with Crippen LogP contribution in [0.1, 0.15) is 11.4 Å². The zero-order chi connectivity index (χ0) is 22.1. The molecule has 0 aliphatic rings. The van der Waals surface area contributed by atoms with Gasteiger partial charge in [0.2, 0.25) is 0 Å². The summed E-state index contributed by atoms with van der Waals surface area (Å²) in [7, 11) is 3.66. The van der Waals surface area contributed by atoms with Gasteiger partial charge in [-0.3, -0.25) is 9.36 Å². The molecule has 7 heteroatoms. The van der Waals surface area contributed by atoms with Crippen molar-refractivity contribution in [2.24, 2.45) is 7.05 Å². The highest BCUT2D eigenvalue weighted by atomic mass is 32.2. The highest BCUT2D eigenvalue weighted by molar-refractivity contribution is 7.98. The van der Waals surface area contributed by atoms with Crippen molar-refractivity contribution < 1.29 is 4.74 Å². The topological polar surface area (TPSA) is 61.9 Å². The van der Waals surface area contributed by atoms with E-state index in [1.807, 2.05) is 73.8 Å². The van der Waals surface area contributed by atoms with Crippen molar-refractivity contribution in [3.63, 3.8) is 0 Å². The molecule has 0 unspecified atom stereocenters. The molecule has 0 aliphatic heterocycles. The summed E-state index contributed by atoms with van der Waals surface area (Å²) in [4.78, 5) is 22.9. The van der Waals surface area contributed by atoms with E-state index in [-0.39, 0.29) is 5.56 Å². The summed E-state index contributed by atoms with van der Waals surface area (Å²) in [6, 6.07) is 23.3. The third-order valence-corrected chi connectivity index (χ3v) is 6.51. The maximum absolute atomic E-state index is 13.4. The Morgan fingerprint density at radius 2 is 1.62 bits per heavy atom. The van der Waals surface area contributed by atoms with Crippen molar-refractivity contribution in [3.05, 3.63) is 94.5 Å². The summed E-state index contributed by atoms with van der Waals surface area (Å²) in [6.45, 7) is 0.436. The van der Waals surface area contributed by atoms with Gasteiger partial charge >= 0.3 is 0 Å². The van der Waals surface area contributed by atoms with Crippen LogP contribution in [-0.4, -0.2) is 26.2 Å². The second kappa shape index (κ2) is 8.51. The van der Waals surface area contributed by atoms with Crippen LogP contribution >= 0.6 is 11.8 Å². The number of thioether (sulfide) groups is 1. The molecule has 0 atom stereocenters. The van der Waals surface area contributed by atoms with Crippen molar-refractivity contribution >= 4 is 33.7 Å². The second-order valence-corrected chi connectivity index (χ2v) is 8.46. The molecule has 0 aliphatic carbocycles. The number of ether oxygens (including phenoxy) is 1. The zero-order valence-electron chi connectivity index (χ0n) is 17.9. The molecule has 0 saturated carbocycles. The van der Waals surface area contributed by atoms with Crippen molar-refractivity contribution in [1.82, 2.24) is 19.1 Å². The van der Waals surface area contributed by atoms with E-state index in [4.69, 9.17) is 14.7 Å². The molecule has 2 heterocycles. The van der Waals surface area contributed by atoms with E-state index in [0.717, 1.165) is 28.2 Å². The minimum Gasteiger partial charge on any atom is -0.497 e. The molecule has 3 aromatic carbocycles. The van der Waals surface area contributed by atoms with Gasteiger partial charge in [-0.1, -0.05) is 48.2 Å². The third kappa shape index (κ3) is 3.76. The molecule has 2 aromatic heterocycles. The highest BCUT2D eigenvalue weighted by Gasteiger charge is 2.14. The molecule has 0 saturated heterocycles. The number of benzene rings is 3. The van der Waals surface area contributed by atoms with Crippen molar-refractivity contribution in [1.29, 1.82) is 0 Å². The first-order chi connectivity index (χ1) is 15.6. The van der Waals surface area contributed by atoms with E-state index >= 15 is 0 Å². The highest BCUT2D eigenvalue weighted by Crippen LogP contribution is 2.25. The summed E-state index contributed by atoms with van der Waals surface area (Å²) in [5, 5.41) is 1.30. The van der Waals surface area contributed by atoms with Crippen LogP contribution in [0.25, 0.3) is 21.9 Å². The number of imidazole rings is 1. The lowest BCUT2D eigenvalue weighted by molar-refractivity contribution is 0.414. The van der Waals surface area contributed by atoms with E-state index < -0.39 is 0 Å². The molecule has 6 nitrogen and oxygen atoms in total. The first-order valence-electron chi connectivity index (χ1n) is 10.3. The number of fused-ring (bicyclic) bond motifs is 2. The molecule has 0 N–H and O–H groups in total. The first kappa shape index (κ1) is 20.3. The quantitative estimate of drug-likeness (QED) is 0.283. The fraction of sp³-hybridized carbons (Fsp3) is 0.160. The summed E-state index contributed by atoms with van der Waals surface area (Å²) in [6.07, 6.45) is 0. The molecule has 5 rings (SSSR count). The normalized spacial score (nSPS) is 11.3. The summed E-state index contributed by atoms with van der Waals surface area (Å²) < 4.78 is 9.09. The Hall–Kier alpha value is -3.58. The molecular formula is C25H22N4O2S. The number of aryl methyl sites for hydroxylation is 1. The lowest BCUT2D eigenvalue weighted by Gasteiger charge is -2.13. The number of aromatic nitrogens is 4. The van der Waals surface area contributed by atoms with Crippen molar-refractivity contribution in [3.8, 4) is 5.75 Å². The van der Waals surface area contributed by atoms with Gasteiger partial charge in [0.05, 0.1) is 41.3 Å². The van der Waals surface area contributed by atoms with E-state index in [0.29, 0.717) is 28.4 Å². The Morgan fingerprint density at radius 3 is 2.38 bits per heavy atom. The van der Waals surface area contributed by atoms with Crippen molar-refractivity contribution in [2.45, 2.75) is 17.5 Å². The van der Waals surface area contributed by atoms with Crippen LogP contribution in [0.4, 0.5) is 0 Å². The van der Waals surface area contributed by atoms with Gasteiger partial charge in [0.1, 0.15) is 11.6 Å². The Labute approximate surface area is 189 Å². The number of nitrogens with zero attached hydrogens (tertiary/aromatic N) is 4. The predicted octanol–water partition coefficient (Wildman–Crippen LogP) is 4.63. The maximum atomic E-state index is 13.4. The number of methoxy groups -OCH3 is 1. The van der Waals surface area contributed by atoms with Gasteiger partial charge in [-0.2, -0.15) is 0 Å². The second-order valence-electron chi connectivity index (χ2n) is 7.52. The van der Waals surface area contributed by atoms with Crippen molar-refractivity contribution in [2.75, 3.05) is 7.11 Å². The molecule has 0 bridgehead atoms. The minimum absolute atomic E-state index is 0.0427. The fourth-order valence-electron chi connectivity index (χ4n) is 3.76. The molecule has 0 radical (unpaired) electrons. The molecule has 160 valence electrons. The maximum Gasteiger partial charge on any atom is 0.262 e. The van der Waals surface area contributed by atoms with Crippen LogP contribution in [0.2, 0.25) is 0 Å². The Morgan fingerprint density at radius 1 is 0.906 bits per heavy atom. The molecule has 32 heavy (non-hydrogen) atoms. The lowest BCUT2D eigenvalue weighted by Crippen LogP contribution is -2.24. The van der Waals surface area contributed by atoms with Gasteiger partial charge in [0, 0.05) is 7.05 Å². The number of hydrogen-bond acceptors (Lipinski definition) is 5. The van der Waals surface area contributed by atoms with Gasteiger partial charge in [-0.25, -0.2) is 9.97 Å². The summed E-state index contributed by atoms with van der Waals surface area (Å²) in [5.41, 5.74) is 3.72. The average molecular weight is 443 g/mol. The molecule has 0 amide bonds. The van der Waals surface area contributed by atoms with Gasteiger partial charge in [-0.05, 0) is 42.0 Å². The zero-order valence-corrected chi connectivity index (χ0v) is 18.7. The van der Waals surface area contributed by atoms with Gasteiger partial charge in [-0.15, -0.1) is 0 Å². The van der Waals surface area contributed by atoms with Crippen LogP contribution in [-0.2, 0) is 19.3 Å². The molecule has 0 fully saturated rings. The number of para-hydroxylation sites is 3. The molecular weight excluding hydrogens is 420 g/mol. The van der Waals surface area contributed by atoms with E-state index in [2.05, 4.69) is 10.6 Å². The molecule has 0 spiro atoms. The lowest BCUT2D eigenvalue weighted by atomic mass is 10.2. The van der Waals surface area contributed by atoms with Gasteiger partial charge in [0.25, 0.3) is 5.56 Å². The third-order valence-electron chi connectivity index (χ3n) is 5.54. The smallest absolute Gasteiger partial charge is 0.262 e. The Balaban J connectivity index is 1.53. The minimum atomic E-state index is -0.0427. The first-order valence-corrected chi connectivity index (χ1v) is 11.3. The largest absolute Gasteiger partial charge is 0.497 e. The molecule has 5 aromatic rings. The SMILES string of the molecule is COc1ccc(Cn2c(SCc3nc4ccccc4n3C)nc3ccccc3c2=O)cc1. The van der Waals surface area contributed by atoms with E-state index in [1.54, 1.807) is 11.7 Å². The van der Waals surface area contributed by atoms with Gasteiger partial charge < -0.3 is 9.30 Å². The van der Waals surface area contributed by atoms with Crippen LogP contribution in [0, 0.1) is 0 Å². The van der Waals surface area contributed by atoms with Crippen LogP contribution in [0.15, 0.2) is 82.7 Å². The van der Waals surface area contributed by atoms with E-state index in [9.17, 15) is 4.79 Å². The monoisotopic (exact) mass is 442 g/mol. The Kier molecular flexibility index (Phi) is 5.41. The van der Waals surface area contributed by atoms with Crippen LogP contribution < -0.4 is 10.3 Å². The summed E-state index contributed by atoms with van der Waals surface area (Å²) >= 11 is 1.53. The number of hydrogen-bond donors (Lipinski definition) is 0. The predicted molar refractivity (Wildman–Crippen MR) is 128 cm³/mol. The number of rotatable bonds is 6. The summed E-state index contributed by atoms with van der Waals surface area (Å²) in [5.74, 6) is 2.34. The van der Waals surface area contributed by atoms with Crippen LogP contribution in [0.5, 0.6) is 5.75 Å².